The van der Waals surface area contributed by atoms with E-state index in [-0.39, 0.29) is 42.2 Å². The summed E-state index contributed by atoms with van der Waals surface area (Å²) in [5.41, 5.74) is -0.183. The minimum absolute atomic E-state index is 0. The van der Waals surface area contributed by atoms with Gasteiger partial charge in [-0.3, -0.25) is 0 Å². The first-order chi connectivity index (χ1) is 5.13. The van der Waals surface area contributed by atoms with Gasteiger partial charge in [-0.25, -0.2) is 4.79 Å². The van der Waals surface area contributed by atoms with Gasteiger partial charge in [-0.1, -0.05) is 17.7 Å². The maximum absolute atomic E-state index is 10.4. The molecule has 1 aromatic carbocycles. The number of benzene rings is 1. The van der Waals surface area contributed by atoms with Crippen molar-refractivity contribution in [3.8, 4) is 5.75 Å². The Hall–Kier alpha value is -0.454. The molecule has 0 atom stereocenters. The van der Waals surface area contributed by atoms with Crippen molar-refractivity contribution in [3.63, 3.8) is 0 Å². The van der Waals surface area contributed by atoms with E-state index in [1.165, 1.54) is 18.2 Å². The summed E-state index contributed by atoms with van der Waals surface area (Å²) in [4.78, 5) is 10.4. The van der Waals surface area contributed by atoms with Gasteiger partial charge in [-0.2, -0.15) is 0 Å². The normalized spacial score (nSPS) is 8.75. The van der Waals surface area contributed by atoms with Crippen molar-refractivity contribution < 1.29 is 17.9 Å². The van der Waals surface area contributed by atoms with Gasteiger partial charge in [0.05, 0.1) is 5.02 Å². The zero-order chi connectivity index (χ0) is 8.43. The molecule has 0 heterocycles. The second-order valence-corrected chi connectivity index (χ2v) is 2.35. The summed E-state index contributed by atoms with van der Waals surface area (Å²) in [6, 6.07) is 4.17. The molecule has 0 radical (unpaired) electrons. The van der Waals surface area contributed by atoms with Gasteiger partial charge in [0.2, 0.25) is 0 Å². The van der Waals surface area contributed by atoms with Crippen molar-refractivity contribution in [2.24, 2.45) is 0 Å². The molecule has 0 saturated carbocycles. The van der Waals surface area contributed by atoms with Gasteiger partial charge < -0.3 is 13.1 Å². The Kier molecular flexibility index (Phi) is 4.37. The summed E-state index contributed by atoms with van der Waals surface area (Å²) in [5.74, 6) is -1.58. The number of carboxylic acids is 1. The van der Waals surface area contributed by atoms with Gasteiger partial charge in [-0.05, 0) is 12.1 Å². The second kappa shape index (κ2) is 4.54. The number of aromatic hydroxyl groups is 1. The van der Waals surface area contributed by atoms with Crippen LogP contribution in [0.5, 0.6) is 5.75 Å². The SMILES string of the molecule is O=C(O)c1cccc(Cl)c1O.[H-].[H-].[Mg+2]. The topological polar surface area (TPSA) is 57.5 Å². The predicted molar refractivity (Wildman–Crippen MR) is 48.1 cm³/mol. The first kappa shape index (κ1) is 11.5. The summed E-state index contributed by atoms with van der Waals surface area (Å²) in [6.07, 6.45) is 0. The molecule has 0 amide bonds. The summed E-state index contributed by atoms with van der Waals surface area (Å²) in [5, 5.41) is 17.6. The Bertz CT molecular complexity index is 309. The van der Waals surface area contributed by atoms with Gasteiger partial charge in [0.15, 0.2) is 0 Å². The summed E-state index contributed by atoms with van der Waals surface area (Å²) < 4.78 is 0. The minimum Gasteiger partial charge on any atom is -1.00 e. The van der Waals surface area contributed by atoms with E-state index >= 15 is 0 Å². The quantitative estimate of drug-likeness (QED) is 0.675. The molecule has 0 spiro atoms. The molecule has 3 nitrogen and oxygen atoms in total. The van der Waals surface area contributed by atoms with Crippen LogP contribution in [-0.4, -0.2) is 39.2 Å². The van der Waals surface area contributed by atoms with E-state index in [1.54, 1.807) is 0 Å². The summed E-state index contributed by atoms with van der Waals surface area (Å²) in [6.45, 7) is 0. The van der Waals surface area contributed by atoms with Crippen LogP contribution < -0.4 is 0 Å². The number of hydrogen-bond acceptors (Lipinski definition) is 2. The van der Waals surface area contributed by atoms with Gasteiger partial charge in [0.25, 0.3) is 0 Å². The maximum atomic E-state index is 10.4. The monoisotopic (exact) mass is 198 g/mol. The van der Waals surface area contributed by atoms with E-state index in [0.717, 1.165) is 0 Å². The number of halogens is 1. The molecular weight excluding hydrogens is 192 g/mol. The Morgan fingerprint density at radius 2 is 2.08 bits per heavy atom. The zero-order valence-corrected chi connectivity index (χ0v) is 8.29. The van der Waals surface area contributed by atoms with Crippen molar-refractivity contribution in [2.45, 2.75) is 0 Å². The van der Waals surface area contributed by atoms with Crippen LogP contribution in [0.2, 0.25) is 5.02 Å². The van der Waals surface area contributed by atoms with Gasteiger partial charge in [-0.15, -0.1) is 0 Å². The standard InChI is InChI=1S/C7H5ClO3.Mg.2H/c8-5-3-1-2-4(6(5)9)7(10)11;;;/h1-3,9H,(H,10,11);;;/q;+2;2*-1. The van der Waals surface area contributed by atoms with E-state index in [4.69, 9.17) is 21.8 Å². The fraction of sp³-hybridized carbons (Fsp3) is 0. The molecule has 5 heteroatoms. The molecule has 0 aliphatic carbocycles. The van der Waals surface area contributed by atoms with Crippen LogP contribution >= 0.6 is 11.6 Å². The van der Waals surface area contributed by atoms with E-state index < -0.39 is 5.97 Å². The third kappa shape index (κ3) is 2.26. The first-order valence-electron chi connectivity index (χ1n) is 2.83. The zero-order valence-electron chi connectivity index (χ0n) is 8.12. The first-order valence-corrected chi connectivity index (χ1v) is 3.21. The van der Waals surface area contributed by atoms with Gasteiger partial charge >= 0.3 is 29.0 Å². The third-order valence-electron chi connectivity index (χ3n) is 1.22. The predicted octanol–water partition coefficient (Wildman–Crippen LogP) is 1.59. The van der Waals surface area contributed by atoms with Crippen molar-refractivity contribution in [1.82, 2.24) is 0 Å². The Morgan fingerprint density at radius 1 is 1.50 bits per heavy atom. The van der Waals surface area contributed by atoms with Crippen LogP contribution in [0.1, 0.15) is 13.2 Å². The van der Waals surface area contributed by atoms with Crippen LogP contribution in [0.25, 0.3) is 0 Å². The minimum atomic E-state index is -1.19. The molecule has 0 aromatic heterocycles. The van der Waals surface area contributed by atoms with Crippen LogP contribution in [0, 0.1) is 0 Å². The molecule has 1 aromatic rings. The molecule has 62 valence electrons. The summed E-state index contributed by atoms with van der Waals surface area (Å²) >= 11 is 5.44. The molecule has 0 bridgehead atoms. The van der Waals surface area contributed by atoms with Crippen molar-refractivity contribution in [3.05, 3.63) is 28.8 Å². The molecule has 0 fully saturated rings. The van der Waals surface area contributed by atoms with E-state index in [0.29, 0.717) is 0 Å². The Balaban J connectivity index is -0.000000403. The molecule has 0 unspecified atom stereocenters. The van der Waals surface area contributed by atoms with Crippen LogP contribution in [-0.2, 0) is 0 Å². The van der Waals surface area contributed by atoms with Crippen molar-refractivity contribution in [1.29, 1.82) is 0 Å². The van der Waals surface area contributed by atoms with E-state index in [1.807, 2.05) is 0 Å². The van der Waals surface area contributed by atoms with Crippen molar-refractivity contribution in [2.75, 3.05) is 0 Å². The fourth-order valence-electron chi connectivity index (χ4n) is 0.688. The fourth-order valence-corrected chi connectivity index (χ4v) is 0.862. The number of phenols is 1. The van der Waals surface area contributed by atoms with Crippen LogP contribution in [0.15, 0.2) is 18.2 Å². The smallest absolute Gasteiger partial charge is 1.00 e. The number of para-hydroxylation sites is 1. The van der Waals surface area contributed by atoms with Crippen LogP contribution in [0.4, 0.5) is 0 Å². The molecule has 12 heavy (non-hydrogen) atoms. The number of hydrogen-bond donors (Lipinski definition) is 2. The van der Waals surface area contributed by atoms with E-state index in [9.17, 15) is 4.79 Å². The van der Waals surface area contributed by atoms with E-state index in [2.05, 4.69) is 0 Å². The number of carbonyl (C=O) groups is 1. The van der Waals surface area contributed by atoms with Gasteiger partial charge in [0, 0.05) is 0 Å². The largest absolute Gasteiger partial charge is 2.00 e. The average Bonchev–Trinajstić information content (AvgIpc) is 1.94. The van der Waals surface area contributed by atoms with Gasteiger partial charge in [0.1, 0.15) is 11.3 Å². The molecule has 1 rings (SSSR count). The van der Waals surface area contributed by atoms with Crippen molar-refractivity contribution >= 4 is 40.6 Å². The Labute approximate surface area is 93.1 Å². The molecule has 0 saturated heterocycles. The van der Waals surface area contributed by atoms with Crippen LogP contribution in [0.3, 0.4) is 0 Å². The number of carboxylic acid groups (broad SMARTS) is 1. The maximum Gasteiger partial charge on any atom is 2.00 e. The number of aromatic carboxylic acids is 1. The molecule has 2 N–H and O–H groups in total. The number of rotatable bonds is 1. The molecular formula is C7H7ClMgO3. The second-order valence-electron chi connectivity index (χ2n) is 1.94. The summed E-state index contributed by atoms with van der Waals surface area (Å²) in [7, 11) is 0. The molecule has 0 aliphatic heterocycles. The Morgan fingerprint density at radius 3 is 2.50 bits per heavy atom. The average molecular weight is 199 g/mol. The molecule has 0 aliphatic rings. The third-order valence-corrected chi connectivity index (χ3v) is 1.52.